The molecule has 2 aromatic rings. The van der Waals surface area contributed by atoms with Gasteiger partial charge in [-0.15, -0.1) is 11.3 Å². The van der Waals surface area contributed by atoms with Crippen molar-refractivity contribution < 1.29 is 14.3 Å². The van der Waals surface area contributed by atoms with Crippen LogP contribution in [0.3, 0.4) is 0 Å². The Morgan fingerprint density at radius 1 is 1.28 bits per heavy atom. The molecule has 4 rings (SSSR count). The fourth-order valence-electron chi connectivity index (χ4n) is 3.67. The second-order valence-electron chi connectivity index (χ2n) is 7.21. The Labute approximate surface area is 173 Å². The number of nitrogens with zero attached hydrogens (tertiary/aromatic N) is 3. The van der Waals surface area contributed by atoms with Gasteiger partial charge in [0.2, 0.25) is 5.91 Å². The van der Waals surface area contributed by atoms with E-state index in [1.54, 1.807) is 12.0 Å². The van der Waals surface area contributed by atoms with E-state index in [4.69, 9.17) is 4.74 Å². The van der Waals surface area contributed by atoms with Gasteiger partial charge in [-0.05, 0) is 37.1 Å². The summed E-state index contributed by atoms with van der Waals surface area (Å²) in [5.41, 5.74) is 1.88. The molecule has 1 aromatic heterocycles. The van der Waals surface area contributed by atoms with Crippen LogP contribution in [0.25, 0.3) is 0 Å². The molecule has 0 bridgehead atoms. The van der Waals surface area contributed by atoms with Crippen molar-refractivity contribution >= 4 is 34.1 Å². The van der Waals surface area contributed by atoms with E-state index >= 15 is 0 Å². The molecular weight excluding hydrogens is 390 g/mol. The van der Waals surface area contributed by atoms with Gasteiger partial charge in [-0.2, -0.15) is 0 Å². The summed E-state index contributed by atoms with van der Waals surface area (Å²) in [6.07, 6.45) is 2.06. The lowest BCUT2D eigenvalue weighted by Crippen LogP contribution is -2.45. The number of ether oxygens (including phenoxy) is 1. The Morgan fingerprint density at radius 3 is 2.69 bits per heavy atom. The van der Waals surface area contributed by atoms with Crippen LogP contribution in [-0.4, -0.2) is 56.3 Å². The van der Waals surface area contributed by atoms with Crippen LogP contribution < -0.4 is 25.2 Å². The molecule has 2 N–H and O–H groups in total. The quantitative estimate of drug-likeness (QED) is 0.754. The van der Waals surface area contributed by atoms with Crippen molar-refractivity contribution in [3.63, 3.8) is 0 Å². The molecule has 8 nitrogen and oxygen atoms in total. The maximum absolute atomic E-state index is 12.4. The summed E-state index contributed by atoms with van der Waals surface area (Å²) >= 11 is 1.40. The number of aromatic nitrogens is 1. The summed E-state index contributed by atoms with van der Waals surface area (Å²) in [6, 6.07) is 8.13. The zero-order valence-corrected chi connectivity index (χ0v) is 17.2. The number of rotatable bonds is 6. The van der Waals surface area contributed by atoms with Crippen molar-refractivity contribution in [2.24, 2.45) is 0 Å². The predicted molar refractivity (Wildman–Crippen MR) is 113 cm³/mol. The van der Waals surface area contributed by atoms with Crippen molar-refractivity contribution in [3.05, 3.63) is 35.3 Å². The molecule has 2 saturated heterocycles. The number of methoxy groups -OCH3 is 1. The van der Waals surface area contributed by atoms with Crippen LogP contribution in [0.1, 0.15) is 18.5 Å². The van der Waals surface area contributed by atoms with E-state index in [9.17, 15) is 9.59 Å². The molecule has 3 amide bonds. The Balaban J connectivity index is 1.24. The van der Waals surface area contributed by atoms with Crippen LogP contribution in [0.15, 0.2) is 29.6 Å². The molecule has 0 atom stereocenters. The van der Waals surface area contributed by atoms with Gasteiger partial charge >= 0.3 is 6.03 Å². The number of piperidine rings is 1. The van der Waals surface area contributed by atoms with E-state index in [1.807, 2.05) is 17.5 Å². The van der Waals surface area contributed by atoms with Gasteiger partial charge in [-0.3, -0.25) is 9.69 Å². The van der Waals surface area contributed by atoms with Crippen LogP contribution in [-0.2, 0) is 11.2 Å². The van der Waals surface area contributed by atoms with Gasteiger partial charge in [0, 0.05) is 43.3 Å². The molecule has 0 radical (unpaired) electrons. The number of amides is 3. The molecule has 29 heavy (non-hydrogen) atoms. The number of thiazole rings is 1. The van der Waals surface area contributed by atoms with Crippen molar-refractivity contribution in [1.82, 2.24) is 15.6 Å². The zero-order valence-electron chi connectivity index (χ0n) is 16.4. The highest BCUT2D eigenvalue weighted by atomic mass is 32.1. The van der Waals surface area contributed by atoms with E-state index in [0.717, 1.165) is 31.7 Å². The van der Waals surface area contributed by atoms with Crippen LogP contribution >= 0.6 is 11.3 Å². The van der Waals surface area contributed by atoms with Crippen LogP contribution in [0.5, 0.6) is 5.75 Å². The molecule has 9 heteroatoms. The summed E-state index contributed by atoms with van der Waals surface area (Å²) in [7, 11) is 1.67. The summed E-state index contributed by atoms with van der Waals surface area (Å²) in [5, 5.41) is 8.39. The van der Waals surface area contributed by atoms with Gasteiger partial charge in [0.25, 0.3) is 0 Å². The topological polar surface area (TPSA) is 86.8 Å². The van der Waals surface area contributed by atoms with E-state index in [0.29, 0.717) is 23.9 Å². The average Bonchev–Trinajstić information content (AvgIpc) is 3.37. The maximum Gasteiger partial charge on any atom is 0.323 e. The predicted octanol–water partition coefficient (Wildman–Crippen LogP) is 2.01. The van der Waals surface area contributed by atoms with E-state index in [-0.39, 0.29) is 24.4 Å². The monoisotopic (exact) mass is 415 g/mol. The number of hydrogen-bond donors (Lipinski definition) is 2. The molecule has 0 spiro atoms. The summed E-state index contributed by atoms with van der Waals surface area (Å²) < 4.78 is 5.21. The van der Waals surface area contributed by atoms with Crippen molar-refractivity contribution in [2.75, 3.05) is 43.1 Å². The molecule has 3 heterocycles. The number of anilines is 2. The van der Waals surface area contributed by atoms with Crippen LogP contribution in [0.4, 0.5) is 15.6 Å². The molecule has 1 aromatic carbocycles. The molecular formula is C20H25N5O3S. The van der Waals surface area contributed by atoms with Gasteiger partial charge in [0.05, 0.1) is 19.2 Å². The van der Waals surface area contributed by atoms with Gasteiger partial charge in [-0.1, -0.05) is 0 Å². The van der Waals surface area contributed by atoms with Crippen LogP contribution in [0.2, 0.25) is 0 Å². The summed E-state index contributed by atoms with van der Waals surface area (Å²) in [6.45, 7) is 3.05. The first-order valence-corrected chi connectivity index (χ1v) is 10.7. The highest BCUT2D eigenvalue weighted by Gasteiger charge is 2.25. The van der Waals surface area contributed by atoms with Crippen molar-refractivity contribution in [1.29, 1.82) is 0 Å². The minimum absolute atomic E-state index is 0.0179. The number of benzene rings is 1. The smallest absolute Gasteiger partial charge is 0.323 e. The first kappa shape index (κ1) is 19.5. The lowest BCUT2D eigenvalue weighted by atomic mass is 10.0. The second-order valence-corrected chi connectivity index (χ2v) is 8.05. The van der Waals surface area contributed by atoms with E-state index in [2.05, 4.69) is 32.7 Å². The molecule has 2 aliphatic heterocycles. The van der Waals surface area contributed by atoms with Gasteiger partial charge in [0.15, 0.2) is 5.13 Å². The molecule has 154 valence electrons. The molecule has 0 saturated carbocycles. The molecule has 2 fully saturated rings. The van der Waals surface area contributed by atoms with Gasteiger partial charge < -0.3 is 20.3 Å². The number of carbonyl (C=O) groups excluding carboxylic acids is 2. The van der Waals surface area contributed by atoms with E-state index < -0.39 is 0 Å². The first-order valence-electron chi connectivity index (χ1n) is 9.80. The normalized spacial score (nSPS) is 17.3. The molecule has 0 aliphatic carbocycles. The largest absolute Gasteiger partial charge is 0.497 e. The lowest BCUT2D eigenvalue weighted by Gasteiger charge is -2.34. The number of nitrogens with one attached hydrogen (secondary N) is 2. The van der Waals surface area contributed by atoms with Crippen molar-refractivity contribution in [2.45, 2.75) is 25.3 Å². The van der Waals surface area contributed by atoms with E-state index in [1.165, 1.54) is 17.0 Å². The van der Waals surface area contributed by atoms with Crippen LogP contribution in [0, 0.1) is 0 Å². The minimum atomic E-state index is -0.126. The Morgan fingerprint density at radius 2 is 2.03 bits per heavy atom. The number of urea groups is 1. The fraction of sp³-hybridized carbons (Fsp3) is 0.450. The minimum Gasteiger partial charge on any atom is -0.497 e. The Bertz CT molecular complexity index is 861. The zero-order chi connectivity index (χ0) is 20.2. The molecule has 0 unspecified atom stereocenters. The number of hydrogen-bond acceptors (Lipinski definition) is 6. The summed E-state index contributed by atoms with van der Waals surface area (Å²) in [5.74, 6) is 0.835. The first-order chi connectivity index (χ1) is 14.1. The fourth-order valence-corrected chi connectivity index (χ4v) is 4.52. The third kappa shape index (κ3) is 4.61. The standard InChI is InChI=1S/C20H25N5O3S/c1-28-17-4-2-16(3-5-17)24-9-6-14(7-10-24)22-18(26)12-15-13-29-20(23-15)25-11-8-21-19(25)27/h2-5,13-14H,6-12H2,1H3,(H,21,27)(H,22,26). The highest BCUT2D eigenvalue weighted by molar-refractivity contribution is 7.14. The average molecular weight is 416 g/mol. The van der Waals surface area contributed by atoms with Gasteiger partial charge in [0.1, 0.15) is 5.75 Å². The van der Waals surface area contributed by atoms with Gasteiger partial charge in [-0.25, -0.2) is 9.78 Å². The number of carbonyl (C=O) groups is 2. The highest BCUT2D eigenvalue weighted by Crippen LogP contribution is 2.24. The van der Waals surface area contributed by atoms with Crippen molar-refractivity contribution in [3.8, 4) is 5.75 Å². The SMILES string of the molecule is COc1ccc(N2CCC(NC(=O)Cc3csc(N4CCNC4=O)n3)CC2)cc1. The third-order valence-corrected chi connectivity index (χ3v) is 6.18. The third-order valence-electron chi connectivity index (χ3n) is 5.27. The Kier molecular flexibility index (Phi) is 5.84. The maximum atomic E-state index is 12.4. The second kappa shape index (κ2) is 8.69. The Hall–Kier alpha value is -2.81. The molecule has 2 aliphatic rings. The summed E-state index contributed by atoms with van der Waals surface area (Å²) in [4.78, 5) is 32.5. The lowest BCUT2D eigenvalue weighted by molar-refractivity contribution is -0.121.